The summed E-state index contributed by atoms with van der Waals surface area (Å²) in [5.41, 5.74) is 9.51. The van der Waals surface area contributed by atoms with Gasteiger partial charge in [0, 0.05) is 24.0 Å². The molecule has 4 heteroatoms. The van der Waals surface area contributed by atoms with E-state index in [4.69, 9.17) is 5.73 Å². The van der Waals surface area contributed by atoms with E-state index < -0.39 is 0 Å². The summed E-state index contributed by atoms with van der Waals surface area (Å²) >= 11 is 1.77. The van der Waals surface area contributed by atoms with Gasteiger partial charge in [-0.3, -0.25) is 0 Å². The highest BCUT2D eigenvalue weighted by Crippen LogP contribution is 2.47. The highest BCUT2D eigenvalue weighted by Gasteiger charge is 2.45. The van der Waals surface area contributed by atoms with Crippen LogP contribution in [0.3, 0.4) is 0 Å². The van der Waals surface area contributed by atoms with Crippen LogP contribution < -0.4 is 5.73 Å². The zero-order valence-corrected chi connectivity index (χ0v) is 12.1. The molecule has 1 aromatic heterocycles. The largest absolute Gasteiger partial charge is 0.327 e. The van der Waals surface area contributed by atoms with E-state index in [0.717, 1.165) is 30.8 Å². The summed E-state index contributed by atoms with van der Waals surface area (Å²) in [6.45, 7) is 4.28. The Kier molecular flexibility index (Phi) is 3.43. The van der Waals surface area contributed by atoms with Gasteiger partial charge in [0.15, 0.2) is 0 Å². The topological polar surface area (TPSA) is 42.2 Å². The Balaban J connectivity index is 1.58. The smallest absolute Gasteiger partial charge is 0.0798 e. The third-order valence-corrected chi connectivity index (χ3v) is 5.86. The molecular weight excluding hydrogens is 242 g/mol. The molecule has 2 aliphatic carbocycles. The van der Waals surface area contributed by atoms with Crippen molar-refractivity contribution in [1.29, 1.82) is 0 Å². The number of aromatic nitrogens is 1. The molecule has 2 saturated carbocycles. The first-order chi connectivity index (χ1) is 8.65. The van der Waals surface area contributed by atoms with Crippen LogP contribution in [0.15, 0.2) is 5.51 Å². The zero-order chi connectivity index (χ0) is 12.7. The van der Waals surface area contributed by atoms with Crippen molar-refractivity contribution in [1.82, 2.24) is 9.88 Å². The second kappa shape index (κ2) is 4.91. The van der Waals surface area contributed by atoms with E-state index in [1.54, 1.807) is 11.3 Å². The van der Waals surface area contributed by atoms with E-state index in [9.17, 15) is 0 Å². The van der Waals surface area contributed by atoms with Gasteiger partial charge in [-0.15, -0.1) is 11.3 Å². The summed E-state index contributed by atoms with van der Waals surface area (Å²) in [4.78, 5) is 8.16. The van der Waals surface area contributed by atoms with Crippen LogP contribution in [0.5, 0.6) is 0 Å². The van der Waals surface area contributed by atoms with E-state index in [2.05, 4.69) is 23.9 Å². The Morgan fingerprint density at radius 3 is 2.83 bits per heavy atom. The molecule has 2 N–H and O–H groups in total. The number of thiazole rings is 1. The van der Waals surface area contributed by atoms with Gasteiger partial charge in [-0.25, -0.2) is 4.98 Å². The maximum absolute atomic E-state index is 6.38. The lowest BCUT2D eigenvalue weighted by Gasteiger charge is -2.31. The molecule has 100 valence electrons. The summed E-state index contributed by atoms with van der Waals surface area (Å²) in [5.74, 6) is 2.44. The number of aryl methyl sites for hydroxylation is 1. The molecule has 0 amide bonds. The predicted octanol–water partition coefficient (Wildman–Crippen LogP) is 2.26. The van der Waals surface area contributed by atoms with Crippen LogP contribution in [0.2, 0.25) is 0 Å². The summed E-state index contributed by atoms with van der Waals surface area (Å²) < 4.78 is 0. The van der Waals surface area contributed by atoms with E-state index in [0.29, 0.717) is 6.04 Å². The van der Waals surface area contributed by atoms with E-state index in [1.165, 1.54) is 29.8 Å². The Hall–Kier alpha value is -0.450. The summed E-state index contributed by atoms with van der Waals surface area (Å²) in [7, 11) is 2.22. The fraction of sp³-hybridized carbons (Fsp3) is 0.786. The monoisotopic (exact) mass is 265 g/mol. The van der Waals surface area contributed by atoms with Crippen LogP contribution in [0.25, 0.3) is 0 Å². The number of rotatable bonds is 4. The van der Waals surface area contributed by atoms with Gasteiger partial charge in [0.2, 0.25) is 0 Å². The quantitative estimate of drug-likeness (QED) is 0.908. The van der Waals surface area contributed by atoms with Gasteiger partial charge in [-0.05, 0) is 51.0 Å². The molecule has 0 spiro atoms. The van der Waals surface area contributed by atoms with Crippen molar-refractivity contribution in [3.05, 3.63) is 16.1 Å². The van der Waals surface area contributed by atoms with Crippen molar-refractivity contribution in [3.8, 4) is 0 Å². The molecule has 18 heavy (non-hydrogen) atoms. The Bertz CT molecular complexity index is 415. The molecule has 2 fully saturated rings. The summed E-state index contributed by atoms with van der Waals surface area (Å²) in [6, 6.07) is 0.453. The van der Waals surface area contributed by atoms with Gasteiger partial charge in [0.05, 0.1) is 11.2 Å². The molecule has 3 nitrogen and oxygen atoms in total. The van der Waals surface area contributed by atoms with E-state index in [1.807, 2.05) is 5.51 Å². The van der Waals surface area contributed by atoms with Gasteiger partial charge in [0.25, 0.3) is 0 Å². The minimum atomic E-state index is 0.453. The van der Waals surface area contributed by atoms with Gasteiger partial charge in [-0.2, -0.15) is 0 Å². The van der Waals surface area contributed by atoms with Crippen LogP contribution in [0.1, 0.15) is 29.8 Å². The van der Waals surface area contributed by atoms with Crippen molar-refractivity contribution in [2.45, 2.75) is 38.8 Å². The van der Waals surface area contributed by atoms with Gasteiger partial charge >= 0.3 is 0 Å². The number of nitrogens with zero attached hydrogens (tertiary/aromatic N) is 2. The summed E-state index contributed by atoms with van der Waals surface area (Å²) in [5, 5.41) is 0. The first kappa shape index (κ1) is 12.6. The standard InChI is InChI=1S/C14H23N3S/c1-9-13(18-8-16-9)7-17(2)6-12-10-3-4-11(5-10)14(12)15/h8,10-12,14H,3-7,15H2,1-2H3. The van der Waals surface area contributed by atoms with Crippen LogP contribution >= 0.6 is 11.3 Å². The van der Waals surface area contributed by atoms with E-state index >= 15 is 0 Å². The van der Waals surface area contributed by atoms with Crippen molar-refractivity contribution >= 4 is 11.3 Å². The number of hydrogen-bond donors (Lipinski definition) is 1. The molecule has 2 bridgehead atoms. The SMILES string of the molecule is Cc1ncsc1CN(C)CC1C2CCC(C2)C1N. The fourth-order valence-electron chi connectivity index (χ4n) is 3.87. The second-order valence-corrected chi connectivity index (χ2v) is 7.07. The molecule has 2 aliphatic rings. The number of fused-ring (bicyclic) bond motifs is 2. The lowest BCUT2D eigenvalue weighted by Crippen LogP contribution is -2.41. The maximum Gasteiger partial charge on any atom is 0.0798 e. The number of hydrogen-bond acceptors (Lipinski definition) is 4. The van der Waals surface area contributed by atoms with Crippen molar-refractivity contribution in [2.24, 2.45) is 23.5 Å². The minimum absolute atomic E-state index is 0.453. The van der Waals surface area contributed by atoms with Gasteiger partial charge in [0.1, 0.15) is 0 Å². The van der Waals surface area contributed by atoms with E-state index in [-0.39, 0.29) is 0 Å². The zero-order valence-electron chi connectivity index (χ0n) is 11.3. The van der Waals surface area contributed by atoms with Crippen LogP contribution in [-0.2, 0) is 6.54 Å². The molecule has 0 radical (unpaired) electrons. The minimum Gasteiger partial charge on any atom is -0.327 e. The third kappa shape index (κ3) is 2.22. The van der Waals surface area contributed by atoms with Crippen LogP contribution in [-0.4, -0.2) is 29.5 Å². The van der Waals surface area contributed by atoms with Crippen LogP contribution in [0.4, 0.5) is 0 Å². The first-order valence-corrected chi connectivity index (χ1v) is 7.86. The molecule has 4 atom stereocenters. The van der Waals surface area contributed by atoms with Crippen molar-refractivity contribution in [2.75, 3.05) is 13.6 Å². The normalized spacial score (nSPS) is 34.7. The lowest BCUT2D eigenvalue weighted by atomic mass is 9.84. The van der Waals surface area contributed by atoms with Gasteiger partial charge in [-0.1, -0.05) is 0 Å². The summed E-state index contributed by atoms with van der Waals surface area (Å²) in [6.07, 6.45) is 4.18. The Labute approximate surface area is 113 Å². The molecule has 1 aromatic rings. The average Bonchev–Trinajstić information content (AvgIpc) is 3.00. The second-order valence-electron chi connectivity index (χ2n) is 6.13. The highest BCUT2D eigenvalue weighted by atomic mass is 32.1. The molecule has 0 saturated heterocycles. The van der Waals surface area contributed by atoms with Crippen molar-refractivity contribution in [3.63, 3.8) is 0 Å². The fourth-order valence-corrected chi connectivity index (χ4v) is 4.73. The molecule has 4 unspecified atom stereocenters. The highest BCUT2D eigenvalue weighted by molar-refractivity contribution is 7.09. The lowest BCUT2D eigenvalue weighted by molar-refractivity contribution is 0.195. The first-order valence-electron chi connectivity index (χ1n) is 6.98. The average molecular weight is 265 g/mol. The molecule has 0 aromatic carbocycles. The molecular formula is C14H23N3S. The Morgan fingerprint density at radius 2 is 2.22 bits per heavy atom. The maximum atomic E-state index is 6.38. The molecule has 0 aliphatic heterocycles. The molecule has 1 heterocycles. The predicted molar refractivity (Wildman–Crippen MR) is 75.5 cm³/mol. The third-order valence-electron chi connectivity index (χ3n) is 4.94. The Morgan fingerprint density at radius 1 is 1.44 bits per heavy atom. The van der Waals surface area contributed by atoms with Crippen LogP contribution in [0, 0.1) is 24.7 Å². The van der Waals surface area contributed by atoms with Crippen molar-refractivity contribution < 1.29 is 0 Å². The number of nitrogens with two attached hydrogens (primary N) is 1. The van der Waals surface area contributed by atoms with Gasteiger partial charge < -0.3 is 10.6 Å². The molecule has 3 rings (SSSR count).